The summed E-state index contributed by atoms with van der Waals surface area (Å²) < 4.78 is 0. The molecule has 1 aliphatic carbocycles. The van der Waals surface area contributed by atoms with E-state index in [2.05, 4.69) is 23.6 Å². The summed E-state index contributed by atoms with van der Waals surface area (Å²) in [6.45, 7) is 11.7. The molecule has 1 atom stereocenters. The number of nitrogens with zero attached hydrogens (tertiary/aromatic N) is 2. The summed E-state index contributed by atoms with van der Waals surface area (Å²) in [5, 5.41) is 0. The molecule has 3 nitrogen and oxygen atoms in total. The highest BCUT2D eigenvalue weighted by Crippen LogP contribution is 2.29. The van der Waals surface area contributed by atoms with E-state index in [9.17, 15) is 0 Å². The van der Waals surface area contributed by atoms with Crippen molar-refractivity contribution < 1.29 is 0 Å². The smallest absolute Gasteiger partial charge is 0.0247 e. The Balaban J connectivity index is 1.80. The minimum absolute atomic E-state index is 0.654. The van der Waals surface area contributed by atoms with Gasteiger partial charge in [0.15, 0.2) is 0 Å². The third kappa shape index (κ3) is 4.44. The van der Waals surface area contributed by atoms with Crippen LogP contribution in [-0.4, -0.2) is 55.1 Å². The lowest BCUT2D eigenvalue weighted by Gasteiger charge is -2.43. The Labute approximate surface area is 119 Å². The largest absolute Gasteiger partial charge is 0.329 e. The van der Waals surface area contributed by atoms with Crippen molar-refractivity contribution in [3.05, 3.63) is 0 Å². The van der Waals surface area contributed by atoms with Gasteiger partial charge in [-0.3, -0.25) is 4.90 Å². The number of nitrogens with two attached hydrogens (primary N) is 1. The Bertz CT molecular complexity index is 240. The average Bonchev–Trinajstić information content (AvgIpc) is 2.42. The Morgan fingerprint density at radius 3 is 2.16 bits per heavy atom. The minimum atomic E-state index is 0.654. The number of piperazine rings is 1. The Hall–Kier alpha value is -0.120. The van der Waals surface area contributed by atoms with Crippen LogP contribution in [0.2, 0.25) is 0 Å². The summed E-state index contributed by atoms with van der Waals surface area (Å²) in [6.07, 6.45) is 7.11. The molecule has 0 bridgehead atoms. The molecule has 3 heteroatoms. The lowest BCUT2D eigenvalue weighted by Crippen LogP contribution is -2.55. The van der Waals surface area contributed by atoms with E-state index in [1.807, 2.05) is 0 Å². The molecule has 0 spiro atoms. The lowest BCUT2D eigenvalue weighted by atomic mass is 9.83. The molecule has 19 heavy (non-hydrogen) atoms. The molecule has 2 N–H and O–H groups in total. The SMILES string of the molecule is CC(C)CN1CCN(C(CN)C2CCCCC2)CC1. The molecule has 2 fully saturated rings. The third-order valence-corrected chi connectivity index (χ3v) is 4.93. The van der Waals surface area contributed by atoms with Crippen LogP contribution in [0.15, 0.2) is 0 Å². The maximum Gasteiger partial charge on any atom is 0.0247 e. The number of hydrogen-bond donors (Lipinski definition) is 1. The third-order valence-electron chi connectivity index (χ3n) is 4.93. The van der Waals surface area contributed by atoms with Crippen molar-refractivity contribution in [2.45, 2.75) is 52.0 Å². The van der Waals surface area contributed by atoms with Crippen molar-refractivity contribution in [1.29, 1.82) is 0 Å². The first-order chi connectivity index (χ1) is 9.20. The van der Waals surface area contributed by atoms with E-state index in [4.69, 9.17) is 5.73 Å². The highest BCUT2D eigenvalue weighted by atomic mass is 15.3. The van der Waals surface area contributed by atoms with Gasteiger partial charge in [0.2, 0.25) is 0 Å². The zero-order chi connectivity index (χ0) is 13.7. The van der Waals surface area contributed by atoms with Gasteiger partial charge < -0.3 is 10.6 Å². The van der Waals surface area contributed by atoms with Gasteiger partial charge in [-0.15, -0.1) is 0 Å². The monoisotopic (exact) mass is 267 g/mol. The van der Waals surface area contributed by atoms with E-state index >= 15 is 0 Å². The second-order valence-electron chi connectivity index (χ2n) is 6.93. The predicted molar refractivity (Wildman–Crippen MR) is 82.3 cm³/mol. The fourth-order valence-electron chi connectivity index (χ4n) is 3.95. The van der Waals surface area contributed by atoms with E-state index in [-0.39, 0.29) is 0 Å². The van der Waals surface area contributed by atoms with Crippen LogP contribution >= 0.6 is 0 Å². The lowest BCUT2D eigenvalue weighted by molar-refractivity contribution is 0.0577. The second kappa shape index (κ2) is 7.61. The highest BCUT2D eigenvalue weighted by Gasteiger charge is 2.29. The zero-order valence-electron chi connectivity index (χ0n) is 13.0. The molecule has 1 saturated carbocycles. The summed E-state index contributed by atoms with van der Waals surface area (Å²) in [6, 6.07) is 0.654. The minimum Gasteiger partial charge on any atom is -0.329 e. The molecule has 1 saturated heterocycles. The Kier molecular flexibility index (Phi) is 6.11. The van der Waals surface area contributed by atoms with Crippen LogP contribution in [0, 0.1) is 11.8 Å². The first-order valence-electron chi connectivity index (χ1n) is 8.37. The molecule has 0 aromatic carbocycles. The van der Waals surface area contributed by atoms with E-state index in [1.54, 1.807) is 0 Å². The molecule has 1 unspecified atom stereocenters. The summed E-state index contributed by atoms with van der Waals surface area (Å²) >= 11 is 0. The van der Waals surface area contributed by atoms with Crippen LogP contribution in [0.5, 0.6) is 0 Å². The van der Waals surface area contributed by atoms with Crippen molar-refractivity contribution in [2.75, 3.05) is 39.3 Å². The maximum absolute atomic E-state index is 6.09. The van der Waals surface area contributed by atoms with Crippen molar-refractivity contribution in [3.8, 4) is 0 Å². The molecular formula is C16H33N3. The number of rotatable bonds is 5. The van der Waals surface area contributed by atoms with Crippen molar-refractivity contribution >= 4 is 0 Å². The summed E-state index contributed by atoms with van der Waals surface area (Å²) in [7, 11) is 0. The quantitative estimate of drug-likeness (QED) is 0.828. The zero-order valence-corrected chi connectivity index (χ0v) is 13.0. The molecule has 1 heterocycles. The van der Waals surface area contributed by atoms with Crippen molar-refractivity contribution in [1.82, 2.24) is 9.80 Å². The normalized spacial score (nSPS) is 25.9. The van der Waals surface area contributed by atoms with E-state index < -0.39 is 0 Å². The average molecular weight is 267 g/mol. The molecule has 1 aliphatic heterocycles. The van der Waals surface area contributed by atoms with Crippen LogP contribution < -0.4 is 5.73 Å². The molecule has 0 radical (unpaired) electrons. The fourth-order valence-corrected chi connectivity index (χ4v) is 3.95. The fraction of sp³-hybridized carbons (Fsp3) is 1.00. The van der Waals surface area contributed by atoms with Crippen LogP contribution in [-0.2, 0) is 0 Å². The first kappa shape index (κ1) is 15.3. The molecular weight excluding hydrogens is 234 g/mol. The molecule has 0 amide bonds. The summed E-state index contributed by atoms with van der Waals surface area (Å²) in [5.74, 6) is 1.66. The van der Waals surface area contributed by atoms with Gasteiger partial charge in [-0.2, -0.15) is 0 Å². The van der Waals surface area contributed by atoms with Crippen molar-refractivity contribution in [2.24, 2.45) is 17.6 Å². The molecule has 0 aromatic rings. The predicted octanol–water partition coefficient (Wildman–Crippen LogP) is 2.17. The molecule has 2 aliphatic rings. The summed E-state index contributed by atoms with van der Waals surface area (Å²) in [4.78, 5) is 5.31. The van der Waals surface area contributed by atoms with Gasteiger partial charge in [-0.1, -0.05) is 33.1 Å². The first-order valence-corrected chi connectivity index (χ1v) is 8.37. The van der Waals surface area contributed by atoms with Gasteiger partial charge in [0.25, 0.3) is 0 Å². The summed E-state index contributed by atoms with van der Waals surface area (Å²) in [5.41, 5.74) is 6.09. The highest BCUT2D eigenvalue weighted by molar-refractivity contribution is 4.85. The van der Waals surface area contributed by atoms with E-state index in [1.165, 1.54) is 64.8 Å². The second-order valence-corrected chi connectivity index (χ2v) is 6.93. The molecule has 112 valence electrons. The topological polar surface area (TPSA) is 32.5 Å². The van der Waals surface area contributed by atoms with Crippen LogP contribution in [0.4, 0.5) is 0 Å². The van der Waals surface area contributed by atoms with E-state index in [0.29, 0.717) is 6.04 Å². The molecule has 2 rings (SSSR count). The molecule has 0 aromatic heterocycles. The van der Waals surface area contributed by atoms with Crippen LogP contribution in [0.25, 0.3) is 0 Å². The maximum atomic E-state index is 6.09. The standard InChI is InChI=1S/C16H33N3/c1-14(2)13-18-8-10-19(11-9-18)16(12-17)15-6-4-3-5-7-15/h14-16H,3-13,17H2,1-2H3. The van der Waals surface area contributed by atoms with Gasteiger partial charge in [-0.25, -0.2) is 0 Å². The van der Waals surface area contributed by atoms with Crippen molar-refractivity contribution in [3.63, 3.8) is 0 Å². The van der Waals surface area contributed by atoms with Gasteiger partial charge in [-0.05, 0) is 24.7 Å². The van der Waals surface area contributed by atoms with Crippen LogP contribution in [0.3, 0.4) is 0 Å². The Morgan fingerprint density at radius 2 is 1.63 bits per heavy atom. The number of hydrogen-bond acceptors (Lipinski definition) is 3. The Morgan fingerprint density at radius 1 is 1.00 bits per heavy atom. The van der Waals surface area contributed by atoms with Gasteiger partial charge >= 0.3 is 0 Å². The van der Waals surface area contributed by atoms with E-state index in [0.717, 1.165) is 18.4 Å². The van der Waals surface area contributed by atoms with Gasteiger partial charge in [0.05, 0.1) is 0 Å². The van der Waals surface area contributed by atoms with Crippen LogP contribution in [0.1, 0.15) is 46.0 Å². The van der Waals surface area contributed by atoms with Gasteiger partial charge in [0, 0.05) is 45.3 Å². The van der Waals surface area contributed by atoms with Gasteiger partial charge in [0.1, 0.15) is 0 Å².